The Morgan fingerprint density at radius 1 is 1.03 bits per heavy atom. The van der Waals surface area contributed by atoms with Crippen molar-refractivity contribution in [1.82, 2.24) is 4.90 Å². The molecule has 1 aromatic heterocycles. The van der Waals surface area contributed by atoms with E-state index in [1.807, 2.05) is 48.5 Å². The summed E-state index contributed by atoms with van der Waals surface area (Å²) in [5.41, 5.74) is 3.24. The molecule has 34 heavy (non-hydrogen) atoms. The third kappa shape index (κ3) is 3.61. The molecule has 2 aliphatic rings. The van der Waals surface area contributed by atoms with Gasteiger partial charge in [-0.05, 0) is 42.3 Å². The molecule has 0 saturated carbocycles. The Morgan fingerprint density at radius 3 is 2.59 bits per heavy atom. The van der Waals surface area contributed by atoms with Gasteiger partial charge in [0, 0.05) is 16.7 Å². The Morgan fingerprint density at radius 2 is 1.82 bits per heavy atom. The van der Waals surface area contributed by atoms with Crippen molar-refractivity contribution in [2.45, 2.75) is 20.1 Å². The highest BCUT2D eigenvalue weighted by Crippen LogP contribution is 2.31. The van der Waals surface area contributed by atoms with Crippen LogP contribution in [0.15, 0.2) is 81.8 Å². The molecule has 0 saturated heterocycles. The van der Waals surface area contributed by atoms with Crippen molar-refractivity contribution in [1.29, 1.82) is 5.26 Å². The molecule has 2 amide bonds. The summed E-state index contributed by atoms with van der Waals surface area (Å²) >= 11 is 0. The Labute approximate surface area is 195 Å². The van der Waals surface area contributed by atoms with Gasteiger partial charge in [0.25, 0.3) is 11.8 Å². The van der Waals surface area contributed by atoms with E-state index in [1.165, 1.54) is 6.08 Å². The maximum absolute atomic E-state index is 13.3. The monoisotopic (exact) mass is 450 g/mol. The molecule has 7 heteroatoms. The Hall–Kier alpha value is -4.70. The average molecular weight is 450 g/mol. The summed E-state index contributed by atoms with van der Waals surface area (Å²) < 4.78 is 11.0. The van der Waals surface area contributed by atoms with Crippen LogP contribution in [0.5, 0.6) is 0 Å². The molecule has 7 nitrogen and oxygen atoms in total. The zero-order valence-electron chi connectivity index (χ0n) is 18.2. The number of amides is 2. The van der Waals surface area contributed by atoms with E-state index in [9.17, 15) is 19.6 Å². The molecular formula is C27H18N2O5. The number of rotatable bonds is 4. The molecule has 0 fully saturated rings. The molecular weight excluding hydrogens is 432 g/mol. The molecule has 3 aromatic rings. The number of ether oxygens (including phenoxy) is 1. The second-order valence-electron chi connectivity index (χ2n) is 8.00. The molecule has 0 atom stereocenters. The van der Waals surface area contributed by atoms with Crippen LogP contribution in [0.1, 0.15) is 34.2 Å². The normalized spacial score (nSPS) is 16.6. The maximum Gasteiger partial charge on any atom is 0.338 e. The fourth-order valence-corrected chi connectivity index (χ4v) is 4.03. The van der Waals surface area contributed by atoms with Gasteiger partial charge in [-0.1, -0.05) is 42.5 Å². The Kier molecular flexibility index (Phi) is 5.19. The van der Waals surface area contributed by atoms with E-state index in [0.717, 1.165) is 16.0 Å². The third-order valence-electron chi connectivity index (χ3n) is 5.90. The SMILES string of the molecule is CC1=C(C#N)C(=O)N(Cc2ccccc2)C(=O)/C1=C/c1ccc(-c2ccc3c(c2)C(=O)OC3)o1. The van der Waals surface area contributed by atoms with Gasteiger partial charge in [-0.25, -0.2) is 4.79 Å². The van der Waals surface area contributed by atoms with Gasteiger partial charge in [-0.2, -0.15) is 5.26 Å². The highest BCUT2D eigenvalue weighted by molar-refractivity contribution is 6.19. The van der Waals surface area contributed by atoms with Gasteiger partial charge in [0.15, 0.2) is 0 Å². The lowest BCUT2D eigenvalue weighted by atomic mass is 9.94. The minimum atomic E-state index is -0.615. The zero-order valence-corrected chi connectivity index (χ0v) is 18.2. The van der Waals surface area contributed by atoms with Crippen LogP contribution in [-0.4, -0.2) is 22.7 Å². The predicted octanol–water partition coefficient (Wildman–Crippen LogP) is 4.41. The highest BCUT2D eigenvalue weighted by atomic mass is 16.5. The fraction of sp³-hybridized carbons (Fsp3) is 0.111. The first kappa shape index (κ1) is 21.2. The first-order valence-corrected chi connectivity index (χ1v) is 10.6. The van der Waals surface area contributed by atoms with Gasteiger partial charge in [-0.15, -0.1) is 0 Å². The lowest BCUT2D eigenvalue weighted by molar-refractivity contribution is -0.141. The summed E-state index contributed by atoms with van der Waals surface area (Å²) in [6.07, 6.45) is 1.53. The number of benzene rings is 2. The number of carbonyl (C=O) groups is 3. The van der Waals surface area contributed by atoms with Crippen LogP contribution in [0, 0.1) is 11.3 Å². The Balaban J connectivity index is 1.50. The van der Waals surface area contributed by atoms with Gasteiger partial charge < -0.3 is 9.15 Å². The molecule has 2 aromatic carbocycles. The summed E-state index contributed by atoms with van der Waals surface area (Å²) in [4.78, 5) is 39.0. The van der Waals surface area contributed by atoms with E-state index >= 15 is 0 Å². The number of nitriles is 1. The second kappa shape index (κ2) is 8.34. The largest absolute Gasteiger partial charge is 0.457 e. The van der Waals surface area contributed by atoms with Crippen LogP contribution in [0.2, 0.25) is 0 Å². The summed E-state index contributed by atoms with van der Waals surface area (Å²) in [5, 5.41) is 9.58. The van der Waals surface area contributed by atoms with Crippen molar-refractivity contribution >= 4 is 23.9 Å². The molecule has 0 aliphatic carbocycles. The number of carbonyl (C=O) groups excluding carboxylic acids is 3. The number of furan rings is 1. The van der Waals surface area contributed by atoms with Crippen LogP contribution < -0.4 is 0 Å². The van der Waals surface area contributed by atoms with E-state index in [2.05, 4.69) is 0 Å². The topological polar surface area (TPSA) is 101 Å². The first-order valence-electron chi connectivity index (χ1n) is 10.6. The summed E-state index contributed by atoms with van der Waals surface area (Å²) in [5.74, 6) is -0.588. The van der Waals surface area contributed by atoms with Crippen molar-refractivity contribution in [3.05, 3.63) is 99.8 Å². The van der Waals surface area contributed by atoms with Crippen molar-refractivity contribution in [2.75, 3.05) is 0 Å². The van der Waals surface area contributed by atoms with Crippen LogP contribution in [0.25, 0.3) is 17.4 Å². The van der Waals surface area contributed by atoms with E-state index in [0.29, 0.717) is 28.2 Å². The van der Waals surface area contributed by atoms with Crippen LogP contribution >= 0.6 is 0 Å². The molecule has 0 radical (unpaired) electrons. The van der Waals surface area contributed by atoms with Crippen molar-refractivity contribution in [2.24, 2.45) is 0 Å². The number of esters is 1. The van der Waals surface area contributed by atoms with Gasteiger partial charge >= 0.3 is 5.97 Å². The Bertz CT molecular complexity index is 1450. The van der Waals surface area contributed by atoms with Crippen molar-refractivity contribution < 1.29 is 23.5 Å². The second-order valence-corrected chi connectivity index (χ2v) is 8.00. The van der Waals surface area contributed by atoms with Crippen molar-refractivity contribution in [3.63, 3.8) is 0 Å². The smallest absolute Gasteiger partial charge is 0.338 e. The van der Waals surface area contributed by atoms with Crippen LogP contribution in [-0.2, 0) is 27.5 Å². The number of hydrogen-bond donors (Lipinski definition) is 0. The lowest BCUT2D eigenvalue weighted by Crippen LogP contribution is -2.42. The maximum atomic E-state index is 13.3. The summed E-state index contributed by atoms with van der Waals surface area (Å²) in [7, 11) is 0. The van der Waals surface area contributed by atoms with E-state index in [4.69, 9.17) is 9.15 Å². The molecule has 0 bridgehead atoms. The molecule has 0 spiro atoms. The van der Waals surface area contributed by atoms with Crippen molar-refractivity contribution in [3.8, 4) is 17.4 Å². The van der Waals surface area contributed by atoms with Crippen LogP contribution in [0.3, 0.4) is 0 Å². The molecule has 166 valence electrons. The zero-order chi connectivity index (χ0) is 23.8. The number of hydrogen-bond acceptors (Lipinski definition) is 6. The van der Waals surface area contributed by atoms with Crippen LogP contribution in [0.4, 0.5) is 0 Å². The minimum absolute atomic E-state index is 0.0585. The molecule has 2 aliphatic heterocycles. The molecule has 0 unspecified atom stereocenters. The number of nitrogens with zero attached hydrogens (tertiary/aromatic N) is 2. The van der Waals surface area contributed by atoms with E-state index in [1.54, 1.807) is 25.1 Å². The molecule has 5 rings (SSSR count). The lowest BCUT2D eigenvalue weighted by Gasteiger charge is -2.27. The molecule has 0 N–H and O–H groups in total. The summed E-state index contributed by atoms with van der Waals surface area (Å²) in [6, 6.07) is 19.8. The standard InChI is InChI=1S/C27H18N2O5/c1-16-21(25(30)29(26(31)23(16)13-28)14-17-5-3-2-4-6-17)12-20-9-10-24(34-20)18-7-8-19-15-33-27(32)22(19)11-18/h2-12H,14-15H2,1H3/b21-12+. The summed E-state index contributed by atoms with van der Waals surface area (Å²) in [6.45, 7) is 1.90. The third-order valence-corrected chi connectivity index (χ3v) is 5.90. The molecule has 3 heterocycles. The number of imide groups is 1. The van der Waals surface area contributed by atoms with Gasteiger partial charge in [-0.3, -0.25) is 14.5 Å². The quantitative estimate of drug-likeness (QED) is 0.332. The van der Waals surface area contributed by atoms with Gasteiger partial charge in [0.05, 0.1) is 12.1 Å². The van der Waals surface area contributed by atoms with Gasteiger partial charge in [0.1, 0.15) is 29.8 Å². The first-order chi connectivity index (χ1) is 16.5. The van der Waals surface area contributed by atoms with E-state index in [-0.39, 0.29) is 30.3 Å². The minimum Gasteiger partial charge on any atom is -0.457 e. The van der Waals surface area contributed by atoms with Gasteiger partial charge in [0.2, 0.25) is 0 Å². The van der Waals surface area contributed by atoms with E-state index < -0.39 is 11.8 Å². The highest BCUT2D eigenvalue weighted by Gasteiger charge is 2.35. The average Bonchev–Trinajstić information content (AvgIpc) is 3.47. The number of cyclic esters (lactones) is 1. The number of fused-ring (bicyclic) bond motifs is 1. The fourth-order valence-electron chi connectivity index (χ4n) is 4.03. The predicted molar refractivity (Wildman–Crippen MR) is 122 cm³/mol.